The van der Waals surface area contributed by atoms with Crippen molar-refractivity contribution in [3.63, 3.8) is 0 Å². The van der Waals surface area contributed by atoms with E-state index < -0.39 is 11.7 Å². The summed E-state index contributed by atoms with van der Waals surface area (Å²) in [5, 5.41) is 15.0. The largest absolute Gasteiger partial charge is 0.493 e. The maximum Gasteiger partial charge on any atom is 0.305 e. The van der Waals surface area contributed by atoms with Gasteiger partial charge in [-0.15, -0.1) is 0 Å². The fraction of sp³-hybridized carbons (Fsp3) is 0.424. The first-order valence-corrected chi connectivity index (χ1v) is 14.2. The lowest BCUT2D eigenvalue weighted by molar-refractivity contribution is -0.149. The number of nitrogens with zero attached hydrogens (tertiary/aromatic N) is 1. The molecular weight excluding hydrogens is 539 g/mol. The summed E-state index contributed by atoms with van der Waals surface area (Å²) < 4.78 is 30.0. The Bertz CT molecular complexity index is 1420. The quantitative estimate of drug-likeness (QED) is 0.197. The van der Waals surface area contributed by atoms with E-state index in [4.69, 9.17) is 19.2 Å². The highest BCUT2D eigenvalue weighted by atomic mass is 19.1. The molecule has 1 aliphatic heterocycles. The highest BCUT2D eigenvalue weighted by Gasteiger charge is 2.36. The molecule has 42 heavy (non-hydrogen) atoms. The Kier molecular flexibility index (Phi) is 9.64. The molecule has 2 aromatic carbocycles. The number of carbonyl (C=O) groups excluding carboxylic acids is 2. The van der Waals surface area contributed by atoms with Crippen LogP contribution in [-0.4, -0.2) is 48.2 Å². The first-order valence-electron chi connectivity index (χ1n) is 14.2. The maximum atomic E-state index is 13.6. The van der Waals surface area contributed by atoms with Gasteiger partial charge in [-0.2, -0.15) is 0 Å². The maximum absolute atomic E-state index is 13.6. The number of hydrogen-bond donors (Lipinski definition) is 2. The van der Waals surface area contributed by atoms with Crippen molar-refractivity contribution in [3.8, 4) is 22.8 Å². The average molecular weight is 579 g/mol. The number of benzene rings is 2. The van der Waals surface area contributed by atoms with Crippen LogP contribution >= 0.6 is 0 Å². The molecule has 9 heteroatoms. The van der Waals surface area contributed by atoms with E-state index in [1.807, 2.05) is 12.1 Å². The van der Waals surface area contributed by atoms with E-state index in [1.54, 1.807) is 51.1 Å². The molecule has 3 aromatic rings. The second kappa shape index (κ2) is 13.0. The summed E-state index contributed by atoms with van der Waals surface area (Å²) in [6, 6.07) is 14.8. The molecule has 0 bridgehead atoms. The Balaban J connectivity index is 1.49. The molecule has 0 aliphatic carbocycles. The van der Waals surface area contributed by atoms with Gasteiger partial charge in [0.25, 0.3) is 0 Å². The van der Waals surface area contributed by atoms with E-state index in [0.29, 0.717) is 28.5 Å². The highest BCUT2D eigenvalue weighted by molar-refractivity contribution is 5.96. The number of hydrogen-bond acceptors (Lipinski definition) is 8. The van der Waals surface area contributed by atoms with Crippen LogP contribution in [0.25, 0.3) is 11.3 Å². The third-order valence-electron chi connectivity index (χ3n) is 7.71. The summed E-state index contributed by atoms with van der Waals surface area (Å²) >= 11 is 0. The van der Waals surface area contributed by atoms with Crippen molar-refractivity contribution < 1.29 is 33.3 Å². The van der Waals surface area contributed by atoms with E-state index in [1.165, 1.54) is 19.2 Å². The van der Waals surface area contributed by atoms with Crippen molar-refractivity contribution in [3.05, 3.63) is 77.2 Å². The van der Waals surface area contributed by atoms with E-state index in [2.05, 4.69) is 12.2 Å². The number of esters is 1. The smallest absolute Gasteiger partial charge is 0.305 e. The molecule has 0 saturated carbocycles. The third kappa shape index (κ3) is 7.33. The van der Waals surface area contributed by atoms with E-state index >= 15 is 0 Å². The molecule has 1 saturated heterocycles. The number of nitrogens with one attached hydrogen (secondary N) is 1. The van der Waals surface area contributed by atoms with Gasteiger partial charge in [0, 0.05) is 29.5 Å². The summed E-state index contributed by atoms with van der Waals surface area (Å²) in [5.74, 6) is -0.0177. The minimum Gasteiger partial charge on any atom is -0.493 e. The third-order valence-corrected chi connectivity index (χ3v) is 7.71. The lowest BCUT2D eigenvalue weighted by Crippen LogP contribution is -2.51. The molecule has 1 aliphatic rings. The number of pyridine rings is 1. The van der Waals surface area contributed by atoms with Gasteiger partial charge in [0.05, 0.1) is 18.5 Å². The summed E-state index contributed by atoms with van der Waals surface area (Å²) in [4.78, 5) is 29.4. The zero-order valence-corrected chi connectivity index (χ0v) is 24.8. The molecular formula is C33H39FN2O6. The monoisotopic (exact) mass is 578 g/mol. The molecule has 1 fully saturated rings. The summed E-state index contributed by atoms with van der Waals surface area (Å²) in [5.41, 5.74) is 1.55. The first-order chi connectivity index (χ1) is 19.9. The Morgan fingerprint density at radius 1 is 1.14 bits per heavy atom. The van der Waals surface area contributed by atoms with E-state index in [0.717, 1.165) is 24.1 Å². The van der Waals surface area contributed by atoms with Crippen LogP contribution in [0.2, 0.25) is 0 Å². The zero-order valence-electron chi connectivity index (χ0n) is 24.8. The molecule has 2 N–H and O–H groups in total. The van der Waals surface area contributed by atoms with Crippen LogP contribution in [-0.2, 0) is 20.7 Å². The first kappa shape index (κ1) is 31.1. The average Bonchev–Trinajstić information content (AvgIpc) is 2.97. The van der Waals surface area contributed by atoms with Gasteiger partial charge in [-0.25, -0.2) is 9.37 Å². The van der Waals surface area contributed by atoms with Crippen molar-refractivity contribution in [2.75, 3.05) is 20.3 Å². The van der Waals surface area contributed by atoms with Crippen molar-refractivity contribution in [1.29, 1.82) is 0 Å². The summed E-state index contributed by atoms with van der Waals surface area (Å²) in [6.45, 7) is 8.24. The Labute approximate surface area is 246 Å². The molecule has 1 unspecified atom stereocenters. The normalized spacial score (nSPS) is 18.4. The Hall–Kier alpha value is -3.82. The van der Waals surface area contributed by atoms with Gasteiger partial charge in [0.15, 0.2) is 17.3 Å². The van der Waals surface area contributed by atoms with Crippen LogP contribution in [0.4, 0.5) is 4.39 Å². The second-order valence-electron chi connectivity index (χ2n) is 11.2. The number of rotatable bonds is 13. The fourth-order valence-electron chi connectivity index (χ4n) is 4.78. The number of carbonyl (C=O) groups is 2. The molecule has 0 radical (unpaired) electrons. The molecule has 0 spiro atoms. The van der Waals surface area contributed by atoms with Crippen LogP contribution < -0.4 is 14.8 Å². The fourth-order valence-corrected chi connectivity index (χ4v) is 4.78. The Morgan fingerprint density at radius 3 is 2.48 bits per heavy atom. The van der Waals surface area contributed by atoms with Crippen LogP contribution in [0.15, 0.2) is 54.6 Å². The van der Waals surface area contributed by atoms with Crippen LogP contribution in [0.3, 0.4) is 0 Å². The predicted molar refractivity (Wildman–Crippen MR) is 157 cm³/mol. The van der Waals surface area contributed by atoms with Gasteiger partial charge < -0.3 is 24.6 Å². The highest BCUT2D eigenvalue weighted by Crippen LogP contribution is 2.37. The van der Waals surface area contributed by atoms with Gasteiger partial charge in [-0.05, 0) is 100 Å². The molecule has 3 atom stereocenters. The van der Waals surface area contributed by atoms with E-state index in [-0.39, 0.29) is 49.0 Å². The number of ketones is 1. The lowest BCUT2D eigenvalue weighted by atomic mass is 9.81. The Morgan fingerprint density at radius 2 is 1.86 bits per heavy atom. The number of aromatic nitrogens is 1. The molecule has 8 nitrogen and oxygen atoms in total. The summed E-state index contributed by atoms with van der Waals surface area (Å²) in [7, 11) is 1.48. The predicted octanol–water partition coefficient (Wildman–Crippen LogP) is 5.70. The minimum atomic E-state index is -1.40. The zero-order chi connectivity index (χ0) is 30.5. The number of halogens is 1. The molecule has 0 amide bonds. The van der Waals surface area contributed by atoms with Gasteiger partial charge in [0.1, 0.15) is 24.1 Å². The number of Topliss-reactive ketones (excluding diaryl/α,β-unsaturated/α-hetero) is 1. The number of aliphatic hydroxyl groups is 1. The number of ether oxygens (including phenoxy) is 3. The standard InChI is InChI=1S/C33H39FN2O6/c1-6-31(38)42-21(2)20-41-28-12-9-23(17-29(28)40-5)27(37)13-14-33(4,39)30-19-24(32(3)15-16-35-32)18-26(36-30)22-7-10-25(34)11-8-22/h7-12,17-19,21,35,39H,6,13-16,20H2,1-5H3/t21-,32+,33?/m1/s1. The molecule has 2 heterocycles. The molecule has 4 rings (SSSR count). The van der Waals surface area contributed by atoms with Crippen molar-refractivity contribution >= 4 is 11.8 Å². The van der Waals surface area contributed by atoms with Crippen LogP contribution in [0.5, 0.6) is 11.5 Å². The van der Waals surface area contributed by atoms with Crippen LogP contribution in [0, 0.1) is 5.82 Å². The SMILES string of the molecule is CCC(=O)O[C@H](C)COc1ccc(C(=O)CCC(C)(O)c2cc([C@]3(C)CCN3)cc(-c3ccc(F)cc3)n2)cc1OC. The van der Waals surface area contributed by atoms with Gasteiger partial charge in [-0.3, -0.25) is 9.59 Å². The van der Waals surface area contributed by atoms with Crippen molar-refractivity contribution in [2.45, 2.75) is 70.6 Å². The van der Waals surface area contributed by atoms with Gasteiger partial charge >= 0.3 is 5.97 Å². The van der Waals surface area contributed by atoms with Crippen LogP contribution in [0.1, 0.15) is 75.0 Å². The molecule has 224 valence electrons. The van der Waals surface area contributed by atoms with Crippen molar-refractivity contribution in [1.82, 2.24) is 10.3 Å². The topological polar surface area (TPSA) is 107 Å². The van der Waals surface area contributed by atoms with Crippen molar-refractivity contribution in [2.24, 2.45) is 0 Å². The summed E-state index contributed by atoms with van der Waals surface area (Å²) in [6.07, 6.45) is 0.975. The molecule has 1 aromatic heterocycles. The van der Waals surface area contributed by atoms with Gasteiger partial charge in [-0.1, -0.05) is 6.92 Å². The minimum absolute atomic E-state index is 0.0632. The number of methoxy groups -OCH3 is 1. The van der Waals surface area contributed by atoms with E-state index in [9.17, 15) is 19.1 Å². The lowest BCUT2D eigenvalue weighted by Gasteiger charge is -2.41. The second-order valence-corrected chi connectivity index (χ2v) is 11.2. The van der Waals surface area contributed by atoms with Gasteiger partial charge in [0.2, 0.25) is 0 Å².